The van der Waals surface area contributed by atoms with Crippen molar-refractivity contribution in [1.29, 1.82) is 0 Å². The third kappa shape index (κ3) is 4.68. The number of carbonyl (C=O) groups is 1. The number of hydrogen-bond acceptors (Lipinski definition) is 3. The molecular formula is C18H12Cl2F4N4O. The maximum atomic E-state index is 13.6. The summed E-state index contributed by atoms with van der Waals surface area (Å²) < 4.78 is 54.5. The summed E-state index contributed by atoms with van der Waals surface area (Å²) in [7, 11) is 0. The molecule has 0 saturated carbocycles. The third-order valence-electron chi connectivity index (χ3n) is 3.92. The molecule has 0 saturated heterocycles. The van der Waals surface area contributed by atoms with Gasteiger partial charge >= 0.3 is 6.18 Å². The van der Waals surface area contributed by atoms with E-state index in [1.165, 1.54) is 12.1 Å². The summed E-state index contributed by atoms with van der Waals surface area (Å²) in [6.45, 7) is -0.0109. The van der Waals surface area contributed by atoms with Crippen molar-refractivity contribution < 1.29 is 22.4 Å². The first-order valence-electron chi connectivity index (χ1n) is 8.18. The lowest BCUT2D eigenvalue weighted by molar-refractivity contribution is -0.143. The minimum absolute atomic E-state index is 0.0109. The van der Waals surface area contributed by atoms with Crippen LogP contribution in [0.2, 0.25) is 10.0 Å². The Morgan fingerprint density at radius 1 is 1.14 bits per heavy atom. The van der Waals surface area contributed by atoms with E-state index in [1.807, 2.05) is 0 Å². The zero-order chi connectivity index (χ0) is 21.2. The fraction of sp³-hybridized carbons (Fsp3) is 0.167. The first kappa shape index (κ1) is 21.1. The van der Waals surface area contributed by atoms with Crippen molar-refractivity contribution in [2.45, 2.75) is 12.6 Å². The molecule has 1 aromatic heterocycles. The number of hydrogen-bond donors (Lipinski definition) is 1. The van der Waals surface area contributed by atoms with Crippen molar-refractivity contribution in [3.05, 3.63) is 75.3 Å². The van der Waals surface area contributed by atoms with Crippen molar-refractivity contribution in [1.82, 2.24) is 20.3 Å². The average molecular weight is 447 g/mol. The fourth-order valence-corrected chi connectivity index (χ4v) is 3.03. The van der Waals surface area contributed by atoms with E-state index in [2.05, 4.69) is 15.6 Å². The molecule has 0 spiro atoms. The summed E-state index contributed by atoms with van der Waals surface area (Å²) >= 11 is 11.9. The molecule has 3 rings (SSSR count). The third-order valence-corrected chi connectivity index (χ3v) is 4.78. The lowest BCUT2D eigenvalue weighted by Crippen LogP contribution is -2.29. The first-order chi connectivity index (χ1) is 13.7. The molecule has 0 bridgehead atoms. The zero-order valence-corrected chi connectivity index (χ0v) is 16.0. The largest absolute Gasteiger partial charge is 0.435 e. The summed E-state index contributed by atoms with van der Waals surface area (Å²) in [5.74, 6) is -1.83. The molecule has 1 N–H and O–H groups in total. The van der Waals surface area contributed by atoms with E-state index < -0.39 is 29.3 Å². The second kappa shape index (κ2) is 8.38. The normalized spacial score (nSPS) is 11.5. The highest BCUT2D eigenvalue weighted by Crippen LogP contribution is 2.33. The Labute approximate surface area is 172 Å². The van der Waals surface area contributed by atoms with Crippen molar-refractivity contribution in [2.75, 3.05) is 6.54 Å². The molecule has 152 valence electrons. The predicted molar refractivity (Wildman–Crippen MR) is 98.8 cm³/mol. The van der Waals surface area contributed by atoms with Crippen LogP contribution in [0.3, 0.4) is 0 Å². The highest BCUT2D eigenvalue weighted by molar-refractivity contribution is 6.42. The number of aromatic nitrogens is 3. The molecule has 0 unspecified atom stereocenters. The van der Waals surface area contributed by atoms with Gasteiger partial charge in [-0.25, -0.2) is 9.07 Å². The van der Waals surface area contributed by atoms with Crippen LogP contribution in [0.4, 0.5) is 17.6 Å². The van der Waals surface area contributed by atoms with Gasteiger partial charge in [0.2, 0.25) is 0 Å². The van der Waals surface area contributed by atoms with Gasteiger partial charge in [0.05, 0.1) is 15.7 Å². The van der Waals surface area contributed by atoms with Crippen LogP contribution in [0.25, 0.3) is 5.69 Å². The molecule has 3 aromatic rings. The van der Waals surface area contributed by atoms with Crippen LogP contribution in [0.1, 0.15) is 21.7 Å². The standard InChI is InChI=1S/C18H12Cl2F4N4O/c19-13-6-1-3-10(14(13)20)7-8-25-17(29)15-16(18(22,23)24)28(27-26-15)12-5-2-4-11(21)9-12/h1-6,9H,7-8H2,(H,25,29). The number of amides is 1. The van der Waals surface area contributed by atoms with Gasteiger partial charge in [-0.1, -0.05) is 46.6 Å². The summed E-state index contributed by atoms with van der Waals surface area (Å²) in [6, 6.07) is 9.30. The molecule has 5 nitrogen and oxygen atoms in total. The van der Waals surface area contributed by atoms with E-state index in [0.717, 1.165) is 12.1 Å². The second-order valence-corrected chi connectivity index (χ2v) is 6.68. The monoisotopic (exact) mass is 446 g/mol. The highest BCUT2D eigenvalue weighted by Gasteiger charge is 2.42. The van der Waals surface area contributed by atoms with Gasteiger partial charge in [-0.15, -0.1) is 5.10 Å². The van der Waals surface area contributed by atoms with Gasteiger partial charge in [-0.05, 0) is 36.2 Å². The molecule has 0 aliphatic rings. The van der Waals surface area contributed by atoms with Gasteiger partial charge < -0.3 is 5.32 Å². The second-order valence-electron chi connectivity index (χ2n) is 5.89. The van der Waals surface area contributed by atoms with Crippen molar-refractivity contribution in [3.63, 3.8) is 0 Å². The first-order valence-corrected chi connectivity index (χ1v) is 8.94. The Morgan fingerprint density at radius 2 is 1.86 bits per heavy atom. The van der Waals surface area contributed by atoms with Gasteiger partial charge in [0.15, 0.2) is 11.4 Å². The maximum absolute atomic E-state index is 13.6. The molecule has 0 aliphatic heterocycles. The van der Waals surface area contributed by atoms with E-state index in [1.54, 1.807) is 18.2 Å². The van der Waals surface area contributed by atoms with Crippen LogP contribution in [-0.2, 0) is 12.6 Å². The number of halogens is 6. The number of nitrogens with one attached hydrogen (secondary N) is 1. The van der Waals surface area contributed by atoms with Crippen LogP contribution >= 0.6 is 23.2 Å². The average Bonchev–Trinajstić information content (AvgIpc) is 3.11. The quantitative estimate of drug-likeness (QED) is 0.577. The summed E-state index contributed by atoms with van der Waals surface area (Å²) in [5, 5.41) is 9.73. The minimum atomic E-state index is -4.95. The van der Waals surface area contributed by atoms with Crippen LogP contribution in [0.15, 0.2) is 42.5 Å². The van der Waals surface area contributed by atoms with Gasteiger partial charge in [0.1, 0.15) is 5.82 Å². The number of rotatable bonds is 5. The molecule has 11 heteroatoms. The van der Waals surface area contributed by atoms with E-state index >= 15 is 0 Å². The van der Waals surface area contributed by atoms with E-state index in [9.17, 15) is 22.4 Å². The van der Waals surface area contributed by atoms with Crippen LogP contribution in [0.5, 0.6) is 0 Å². The fourth-order valence-electron chi connectivity index (χ4n) is 2.61. The number of alkyl halides is 3. The van der Waals surface area contributed by atoms with Crippen LogP contribution < -0.4 is 5.32 Å². The molecule has 0 radical (unpaired) electrons. The van der Waals surface area contributed by atoms with Crippen molar-refractivity contribution in [2.24, 2.45) is 0 Å². The number of benzene rings is 2. The van der Waals surface area contributed by atoms with Crippen LogP contribution in [0, 0.1) is 5.82 Å². The highest BCUT2D eigenvalue weighted by atomic mass is 35.5. The summed E-state index contributed by atoms with van der Waals surface area (Å²) in [6.07, 6.45) is -4.71. The molecule has 0 aliphatic carbocycles. The van der Waals surface area contributed by atoms with Gasteiger partial charge in [-0.3, -0.25) is 4.79 Å². The van der Waals surface area contributed by atoms with Gasteiger partial charge in [-0.2, -0.15) is 13.2 Å². The van der Waals surface area contributed by atoms with E-state index in [4.69, 9.17) is 23.2 Å². The Hall–Kier alpha value is -2.65. The predicted octanol–water partition coefficient (Wildman–Crippen LogP) is 4.70. The van der Waals surface area contributed by atoms with E-state index in [-0.39, 0.29) is 18.7 Å². The van der Waals surface area contributed by atoms with Gasteiger partial charge in [0.25, 0.3) is 5.91 Å². The topological polar surface area (TPSA) is 59.8 Å². The molecule has 0 fully saturated rings. The Morgan fingerprint density at radius 3 is 2.55 bits per heavy atom. The lowest BCUT2D eigenvalue weighted by Gasteiger charge is -2.11. The molecule has 2 aromatic carbocycles. The molecular weight excluding hydrogens is 435 g/mol. The summed E-state index contributed by atoms with van der Waals surface area (Å²) in [5.41, 5.74) is -1.91. The Kier molecular flexibility index (Phi) is 6.09. The van der Waals surface area contributed by atoms with Gasteiger partial charge in [0, 0.05) is 6.54 Å². The maximum Gasteiger partial charge on any atom is 0.435 e. The van der Waals surface area contributed by atoms with Crippen molar-refractivity contribution >= 4 is 29.1 Å². The Balaban J connectivity index is 1.83. The minimum Gasteiger partial charge on any atom is -0.350 e. The van der Waals surface area contributed by atoms with E-state index in [0.29, 0.717) is 20.3 Å². The van der Waals surface area contributed by atoms with Crippen LogP contribution in [-0.4, -0.2) is 27.4 Å². The molecule has 0 atom stereocenters. The molecule has 29 heavy (non-hydrogen) atoms. The zero-order valence-electron chi connectivity index (χ0n) is 14.5. The molecule has 1 heterocycles. The Bertz CT molecular complexity index is 1050. The summed E-state index contributed by atoms with van der Waals surface area (Å²) in [4.78, 5) is 12.3. The number of carbonyl (C=O) groups excluding carboxylic acids is 1. The van der Waals surface area contributed by atoms with Crippen molar-refractivity contribution in [3.8, 4) is 5.69 Å². The lowest BCUT2D eigenvalue weighted by atomic mass is 10.1. The number of nitrogens with zero attached hydrogens (tertiary/aromatic N) is 3. The smallest absolute Gasteiger partial charge is 0.350 e. The molecule has 1 amide bonds. The SMILES string of the molecule is O=C(NCCc1cccc(Cl)c1Cl)c1nnn(-c2cccc(F)c2)c1C(F)(F)F.